The molecule has 0 amide bonds. The second kappa shape index (κ2) is 9.33. The highest BCUT2D eigenvalue weighted by Gasteiger charge is 2.16. The lowest BCUT2D eigenvalue weighted by Gasteiger charge is -2.14. The van der Waals surface area contributed by atoms with Crippen molar-refractivity contribution >= 4 is 10.9 Å². The fraction of sp³-hybridized carbons (Fsp3) is 0.103. The predicted molar refractivity (Wildman–Crippen MR) is 136 cm³/mol. The zero-order chi connectivity index (χ0) is 23.5. The van der Waals surface area contributed by atoms with E-state index >= 15 is 0 Å². The van der Waals surface area contributed by atoms with Crippen molar-refractivity contribution in [2.24, 2.45) is 0 Å². The Morgan fingerprint density at radius 1 is 0.853 bits per heavy atom. The highest BCUT2D eigenvalue weighted by Crippen LogP contribution is 2.36. The largest absolute Gasteiger partial charge is 0.494 e. The Labute approximate surface area is 197 Å². The molecule has 0 saturated carbocycles. The molecule has 0 aliphatic carbocycles. The zero-order valence-corrected chi connectivity index (χ0v) is 19.0. The normalized spacial score (nSPS) is 11.0. The number of aromatic nitrogens is 2. The topological polar surface area (TPSA) is 82.6 Å². The van der Waals surface area contributed by atoms with Gasteiger partial charge in [-0.2, -0.15) is 0 Å². The molecule has 168 valence electrons. The van der Waals surface area contributed by atoms with E-state index in [4.69, 9.17) is 9.72 Å². The van der Waals surface area contributed by atoms with Crippen molar-refractivity contribution < 1.29 is 10.5 Å². The van der Waals surface area contributed by atoms with Crippen molar-refractivity contribution in [3.05, 3.63) is 107 Å². The summed E-state index contributed by atoms with van der Waals surface area (Å²) in [4.78, 5) is 20.9. The number of pyridine rings is 2. The third kappa shape index (κ3) is 4.09. The maximum Gasteiger partial charge on any atom is 0.257 e. The molecule has 0 unspecified atom stereocenters. The number of rotatable bonds is 6. The van der Waals surface area contributed by atoms with E-state index in [0.29, 0.717) is 17.5 Å². The van der Waals surface area contributed by atoms with E-state index in [2.05, 4.69) is 35.0 Å². The lowest BCUT2D eigenvalue weighted by molar-refractivity contribution is -0.386. The Morgan fingerprint density at radius 2 is 1.62 bits per heavy atom. The molecule has 5 rings (SSSR count). The van der Waals surface area contributed by atoms with E-state index in [1.165, 1.54) is 0 Å². The zero-order valence-electron chi connectivity index (χ0n) is 19.0. The van der Waals surface area contributed by atoms with Gasteiger partial charge < -0.3 is 15.5 Å². The van der Waals surface area contributed by atoms with Gasteiger partial charge in [-0.25, -0.2) is 4.98 Å². The molecule has 0 fully saturated rings. The van der Waals surface area contributed by atoms with Gasteiger partial charge in [0.25, 0.3) is 5.56 Å². The summed E-state index contributed by atoms with van der Waals surface area (Å²) in [6.07, 6.45) is 1.74. The minimum absolute atomic E-state index is 0.164. The first-order valence-corrected chi connectivity index (χ1v) is 11.4. The third-order valence-electron chi connectivity index (χ3n) is 5.93. The molecule has 0 aliphatic heterocycles. The molecular weight excluding hydrogens is 422 g/mol. The van der Waals surface area contributed by atoms with Gasteiger partial charge >= 0.3 is 0 Å². The summed E-state index contributed by atoms with van der Waals surface area (Å²) in [7, 11) is 0. The average Bonchev–Trinajstić information content (AvgIpc) is 2.89. The van der Waals surface area contributed by atoms with Crippen molar-refractivity contribution in [1.29, 1.82) is 0 Å². The maximum absolute atomic E-state index is 12.9. The van der Waals surface area contributed by atoms with Gasteiger partial charge in [0.1, 0.15) is 5.75 Å². The standard InChI is InChI=1S/C29H25N3O2/c1-2-34-23-10-6-9-22(15-23)26-18-31-29(33)25-16-24(20-7-4-3-5-8-20)27(32-28(25)26)21-13-11-19(17-30)12-14-21/h3-16,18H,2,17,30H2,1H3,(H,31,33)/p+1. The number of benzene rings is 3. The van der Waals surface area contributed by atoms with E-state index in [9.17, 15) is 4.79 Å². The minimum Gasteiger partial charge on any atom is -0.494 e. The fourth-order valence-electron chi connectivity index (χ4n) is 4.20. The lowest BCUT2D eigenvalue weighted by atomic mass is 9.95. The smallest absolute Gasteiger partial charge is 0.257 e. The number of hydrogen-bond donors (Lipinski definition) is 2. The molecule has 5 aromatic rings. The number of quaternary nitrogens is 1. The van der Waals surface area contributed by atoms with Gasteiger partial charge in [0.05, 0.1) is 29.7 Å². The summed E-state index contributed by atoms with van der Waals surface area (Å²) in [6.45, 7) is 3.27. The number of ether oxygens (including phenoxy) is 1. The van der Waals surface area contributed by atoms with Crippen LogP contribution in [0.25, 0.3) is 44.4 Å². The van der Waals surface area contributed by atoms with Gasteiger partial charge in [-0.3, -0.25) is 4.79 Å². The summed E-state index contributed by atoms with van der Waals surface area (Å²) in [6, 6.07) is 28.2. The molecule has 5 heteroatoms. The number of hydrogen-bond acceptors (Lipinski definition) is 3. The number of fused-ring (bicyclic) bond motifs is 1. The fourth-order valence-corrected chi connectivity index (χ4v) is 4.20. The van der Waals surface area contributed by atoms with Crippen LogP contribution in [0.3, 0.4) is 0 Å². The molecule has 3 aromatic carbocycles. The molecule has 2 aromatic heterocycles. The van der Waals surface area contributed by atoms with Crippen molar-refractivity contribution in [2.45, 2.75) is 13.5 Å². The van der Waals surface area contributed by atoms with Gasteiger partial charge in [0, 0.05) is 28.5 Å². The molecule has 0 atom stereocenters. The Morgan fingerprint density at radius 3 is 2.35 bits per heavy atom. The summed E-state index contributed by atoms with van der Waals surface area (Å²) in [5.41, 5.74) is 11.2. The molecule has 0 saturated heterocycles. The predicted octanol–water partition coefficient (Wildman–Crippen LogP) is 5.06. The number of aromatic amines is 1. The summed E-state index contributed by atoms with van der Waals surface area (Å²) in [5, 5.41) is 0.552. The Bertz CT molecular complexity index is 1510. The van der Waals surface area contributed by atoms with E-state index in [0.717, 1.165) is 51.4 Å². The quantitative estimate of drug-likeness (QED) is 0.381. The third-order valence-corrected chi connectivity index (χ3v) is 5.93. The minimum atomic E-state index is -0.164. The van der Waals surface area contributed by atoms with E-state index < -0.39 is 0 Å². The van der Waals surface area contributed by atoms with Gasteiger partial charge in [0.15, 0.2) is 0 Å². The molecule has 0 radical (unpaired) electrons. The molecule has 5 nitrogen and oxygen atoms in total. The average molecular weight is 449 g/mol. The first-order valence-electron chi connectivity index (χ1n) is 11.4. The Balaban J connectivity index is 1.80. The molecule has 34 heavy (non-hydrogen) atoms. The number of nitrogens with zero attached hydrogens (tertiary/aromatic N) is 1. The molecular formula is C29H26N3O2+. The second-order valence-corrected chi connectivity index (χ2v) is 8.09. The van der Waals surface area contributed by atoms with E-state index in [1.54, 1.807) is 6.20 Å². The van der Waals surface area contributed by atoms with Crippen LogP contribution in [0, 0.1) is 0 Å². The van der Waals surface area contributed by atoms with Gasteiger partial charge in [-0.15, -0.1) is 0 Å². The molecule has 0 bridgehead atoms. The lowest BCUT2D eigenvalue weighted by Crippen LogP contribution is -2.47. The van der Waals surface area contributed by atoms with Crippen molar-refractivity contribution in [3.8, 4) is 39.3 Å². The van der Waals surface area contributed by atoms with Crippen LogP contribution in [0.1, 0.15) is 12.5 Å². The van der Waals surface area contributed by atoms with Gasteiger partial charge in [0.2, 0.25) is 0 Å². The first kappa shape index (κ1) is 21.6. The highest BCUT2D eigenvalue weighted by molar-refractivity contribution is 5.98. The molecule has 4 N–H and O–H groups in total. The van der Waals surface area contributed by atoms with Gasteiger partial charge in [-0.1, -0.05) is 66.7 Å². The van der Waals surface area contributed by atoms with Crippen LogP contribution in [-0.2, 0) is 6.54 Å². The van der Waals surface area contributed by atoms with Crippen LogP contribution in [0.15, 0.2) is 95.9 Å². The van der Waals surface area contributed by atoms with Crippen LogP contribution in [-0.4, -0.2) is 16.6 Å². The van der Waals surface area contributed by atoms with E-state index in [1.807, 2.05) is 67.6 Å². The highest BCUT2D eigenvalue weighted by atomic mass is 16.5. The number of H-pyrrole nitrogens is 1. The molecule has 0 aliphatic rings. The maximum atomic E-state index is 12.9. The van der Waals surface area contributed by atoms with Crippen molar-refractivity contribution in [3.63, 3.8) is 0 Å². The van der Waals surface area contributed by atoms with Crippen LogP contribution >= 0.6 is 0 Å². The van der Waals surface area contributed by atoms with Crippen LogP contribution in [0.5, 0.6) is 5.75 Å². The van der Waals surface area contributed by atoms with Crippen LogP contribution in [0.4, 0.5) is 0 Å². The summed E-state index contributed by atoms with van der Waals surface area (Å²) in [5.74, 6) is 0.782. The van der Waals surface area contributed by atoms with Crippen molar-refractivity contribution in [1.82, 2.24) is 9.97 Å². The SMILES string of the molecule is CCOc1cccc(-c2c[nH]c(=O)c3cc(-c4ccccc4)c(-c4ccc(C[NH3+])cc4)nc23)c1. The second-order valence-electron chi connectivity index (χ2n) is 8.09. The summed E-state index contributed by atoms with van der Waals surface area (Å²) < 4.78 is 5.70. The Kier molecular flexibility index (Phi) is 5.93. The monoisotopic (exact) mass is 448 g/mol. The molecule has 0 spiro atoms. The van der Waals surface area contributed by atoms with Crippen LogP contribution < -0.4 is 16.0 Å². The van der Waals surface area contributed by atoms with Crippen molar-refractivity contribution in [2.75, 3.05) is 6.61 Å². The van der Waals surface area contributed by atoms with Gasteiger partial charge in [-0.05, 0) is 36.2 Å². The molecule has 2 heterocycles. The Hall–Kier alpha value is -4.22. The summed E-state index contributed by atoms with van der Waals surface area (Å²) >= 11 is 0. The van der Waals surface area contributed by atoms with Crippen LogP contribution in [0.2, 0.25) is 0 Å². The first-order chi connectivity index (χ1) is 16.7. The number of nitrogens with one attached hydrogen (secondary N) is 1. The van der Waals surface area contributed by atoms with E-state index in [-0.39, 0.29) is 5.56 Å².